The topological polar surface area (TPSA) is 28.2 Å². The third kappa shape index (κ3) is 2.73. The van der Waals surface area contributed by atoms with E-state index in [4.69, 9.17) is 0 Å². The average Bonchev–Trinajstić information content (AvgIpc) is 2.65. The zero-order chi connectivity index (χ0) is 10.7. The molecule has 0 saturated carbocycles. The highest BCUT2D eigenvalue weighted by Gasteiger charge is 2.23. The number of nitrogens with one attached hydrogen (secondary N) is 1. The normalized spacial score (nSPS) is 24.3. The van der Waals surface area contributed by atoms with Gasteiger partial charge in [-0.1, -0.05) is 6.07 Å². The number of hydrazine groups is 1. The van der Waals surface area contributed by atoms with Crippen LogP contribution in [0.2, 0.25) is 0 Å². The monoisotopic (exact) mass is 209 g/mol. The number of pyridine rings is 1. The Bertz CT molecular complexity index is 304. The second-order valence-electron chi connectivity index (χ2n) is 3.94. The summed E-state index contributed by atoms with van der Waals surface area (Å²) in [5, 5.41) is 1.93. The minimum atomic E-state index is -0.687. The van der Waals surface area contributed by atoms with E-state index in [1.54, 1.807) is 6.20 Å². The first kappa shape index (κ1) is 10.5. The van der Waals surface area contributed by atoms with Gasteiger partial charge < -0.3 is 0 Å². The molecule has 4 heteroatoms. The van der Waals surface area contributed by atoms with Crippen molar-refractivity contribution in [3.63, 3.8) is 0 Å². The van der Waals surface area contributed by atoms with Crippen molar-refractivity contribution < 1.29 is 4.39 Å². The Labute approximate surface area is 89.3 Å². The fourth-order valence-electron chi connectivity index (χ4n) is 1.81. The van der Waals surface area contributed by atoms with Gasteiger partial charge in [-0.25, -0.2) is 14.8 Å². The molecule has 0 amide bonds. The Kier molecular flexibility index (Phi) is 3.28. The van der Waals surface area contributed by atoms with Crippen LogP contribution in [0.25, 0.3) is 0 Å². The van der Waals surface area contributed by atoms with Crippen LogP contribution in [0, 0.1) is 0 Å². The lowest BCUT2D eigenvalue weighted by molar-refractivity contribution is 0.186. The summed E-state index contributed by atoms with van der Waals surface area (Å²) in [7, 11) is 0. The maximum Gasteiger partial charge on any atom is 0.115 e. The van der Waals surface area contributed by atoms with Crippen LogP contribution < -0.4 is 5.43 Å². The third-order valence-corrected chi connectivity index (χ3v) is 2.64. The molecule has 2 rings (SSSR count). The molecule has 3 nitrogen and oxygen atoms in total. The minimum Gasteiger partial charge on any atom is -0.260 e. The molecule has 1 fully saturated rings. The van der Waals surface area contributed by atoms with Gasteiger partial charge in [-0.15, -0.1) is 0 Å². The molecule has 0 aliphatic carbocycles. The van der Waals surface area contributed by atoms with E-state index in [2.05, 4.69) is 10.4 Å². The van der Waals surface area contributed by atoms with Crippen molar-refractivity contribution in [2.75, 3.05) is 13.1 Å². The second-order valence-corrected chi connectivity index (χ2v) is 3.94. The van der Waals surface area contributed by atoms with Crippen LogP contribution in [-0.4, -0.2) is 29.3 Å². The number of hydrogen-bond acceptors (Lipinski definition) is 3. The molecule has 15 heavy (non-hydrogen) atoms. The van der Waals surface area contributed by atoms with Gasteiger partial charge in [0.25, 0.3) is 0 Å². The fraction of sp³-hybridized carbons (Fsp3) is 0.545. The van der Waals surface area contributed by atoms with Gasteiger partial charge in [-0.2, -0.15) is 0 Å². The third-order valence-electron chi connectivity index (χ3n) is 2.64. The van der Waals surface area contributed by atoms with Crippen molar-refractivity contribution in [1.29, 1.82) is 0 Å². The Hall–Kier alpha value is -1.00. The summed E-state index contributed by atoms with van der Waals surface area (Å²) in [6, 6.07) is 5.96. The largest absolute Gasteiger partial charge is 0.260 e. The van der Waals surface area contributed by atoms with E-state index >= 15 is 0 Å². The molecule has 1 aromatic heterocycles. The Balaban J connectivity index is 1.90. The highest BCUT2D eigenvalue weighted by atomic mass is 19.1. The molecule has 0 bridgehead atoms. The highest BCUT2D eigenvalue weighted by molar-refractivity contribution is 5.07. The lowest BCUT2D eigenvalue weighted by atomic mass is 10.2. The number of rotatable bonds is 3. The molecular weight excluding hydrogens is 193 g/mol. The zero-order valence-electron chi connectivity index (χ0n) is 8.86. The summed E-state index contributed by atoms with van der Waals surface area (Å²) in [6.07, 6.45) is 1.71. The number of aromatic nitrogens is 1. The first-order valence-corrected chi connectivity index (χ1v) is 5.32. The van der Waals surface area contributed by atoms with Gasteiger partial charge in [0.15, 0.2) is 0 Å². The molecule has 0 aromatic carbocycles. The highest BCUT2D eigenvalue weighted by Crippen LogP contribution is 2.14. The SMILES string of the molecule is CC(NN1CC[C@@H](F)C1)c1ccccn1. The average molecular weight is 209 g/mol. The number of nitrogens with zero attached hydrogens (tertiary/aromatic N) is 2. The van der Waals surface area contributed by atoms with E-state index < -0.39 is 6.17 Å². The van der Waals surface area contributed by atoms with Crippen LogP contribution in [0.15, 0.2) is 24.4 Å². The Morgan fingerprint density at radius 1 is 1.60 bits per heavy atom. The van der Waals surface area contributed by atoms with Crippen molar-refractivity contribution in [3.8, 4) is 0 Å². The smallest absolute Gasteiger partial charge is 0.115 e. The van der Waals surface area contributed by atoms with Crippen molar-refractivity contribution in [2.24, 2.45) is 0 Å². The number of hydrogen-bond donors (Lipinski definition) is 1. The molecule has 1 N–H and O–H groups in total. The number of alkyl halides is 1. The molecule has 1 aromatic rings. The van der Waals surface area contributed by atoms with Crippen LogP contribution in [0.1, 0.15) is 25.1 Å². The van der Waals surface area contributed by atoms with Gasteiger partial charge in [-0.05, 0) is 25.5 Å². The fourth-order valence-corrected chi connectivity index (χ4v) is 1.81. The van der Waals surface area contributed by atoms with Gasteiger partial charge in [0.2, 0.25) is 0 Å². The van der Waals surface area contributed by atoms with Crippen molar-refractivity contribution >= 4 is 0 Å². The minimum absolute atomic E-state index is 0.136. The van der Waals surface area contributed by atoms with E-state index in [9.17, 15) is 4.39 Å². The van der Waals surface area contributed by atoms with Gasteiger partial charge in [-0.3, -0.25) is 4.98 Å². The van der Waals surface area contributed by atoms with Crippen LogP contribution in [0.5, 0.6) is 0 Å². The summed E-state index contributed by atoms with van der Waals surface area (Å²) in [5.74, 6) is 0. The van der Waals surface area contributed by atoms with Crippen molar-refractivity contribution in [2.45, 2.75) is 25.6 Å². The first-order chi connectivity index (χ1) is 7.25. The quantitative estimate of drug-likeness (QED) is 0.821. The van der Waals surface area contributed by atoms with Gasteiger partial charge in [0, 0.05) is 19.3 Å². The van der Waals surface area contributed by atoms with Crippen molar-refractivity contribution in [3.05, 3.63) is 30.1 Å². The summed E-state index contributed by atoms with van der Waals surface area (Å²) in [4.78, 5) is 4.26. The number of halogens is 1. The zero-order valence-corrected chi connectivity index (χ0v) is 8.86. The molecule has 1 aliphatic heterocycles. The first-order valence-electron chi connectivity index (χ1n) is 5.32. The lowest BCUT2D eigenvalue weighted by Crippen LogP contribution is -2.38. The van der Waals surface area contributed by atoms with E-state index in [0.717, 1.165) is 12.2 Å². The standard InChI is InChI=1S/C11H16FN3/c1-9(11-4-2-3-6-13-11)14-15-7-5-10(12)8-15/h2-4,6,9-10,14H,5,7-8H2,1H3/t9?,10-/m1/s1. The maximum atomic E-state index is 12.9. The van der Waals surface area contributed by atoms with E-state index in [-0.39, 0.29) is 6.04 Å². The van der Waals surface area contributed by atoms with E-state index in [1.807, 2.05) is 30.1 Å². The van der Waals surface area contributed by atoms with Gasteiger partial charge >= 0.3 is 0 Å². The molecule has 0 radical (unpaired) electrons. The van der Waals surface area contributed by atoms with E-state index in [1.165, 1.54) is 0 Å². The molecule has 0 spiro atoms. The molecule has 1 saturated heterocycles. The van der Waals surface area contributed by atoms with Crippen molar-refractivity contribution in [1.82, 2.24) is 15.4 Å². The Morgan fingerprint density at radius 3 is 3.07 bits per heavy atom. The van der Waals surface area contributed by atoms with Crippen LogP contribution in [0.3, 0.4) is 0 Å². The predicted molar refractivity (Wildman–Crippen MR) is 56.9 cm³/mol. The molecule has 1 unspecified atom stereocenters. The molecular formula is C11H16FN3. The summed E-state index contributed by atoms with van der Waals surface area (Å²) in [6.45, 7) is 3.30. The summed E-state index contributed by atoms with van der Waals surface area (Å²) < 4.78 is 12.9. The van der Waals surface area contributed by atoms with E-state index in [0.29, 0.717) is 13.0 Å². The summed E-state index contributed by atoms with van der Waals surface area (Å²) in [5.41, 5.74) is 4.24. The van der Waals surface area contributed by atoms with Crippen LogP contribution in [0.4, 0.5) is 4.39 Å². The molecule has 82 valence electrons. The molecule has 1 aliphatic rings. The Morgan fingerprint density at radius 2 is 2.47 bits per heavy atom. The summed E-state index contributed by atoms with van der Waals surface area (Å²) >= 11 is 0. The molecule has 2 atom stereocenters. The maximum absolute atomic E-state index is 12.9. The predicted octanol–water partition coefficient (Wildman–Crippen LogP) is 1.69. The molecule has 2 heterocycles. The van der Waals surface area contributed by atoms with Crippen LogP contribution in [-0.2, 0) is 0 Å². The van der Waals surface area contributed by atoms with Gasteiger partial charge in [0.05, 0.1) is 11.7 Å². The van der Waals surface area contributed by atoms with Crippen LogP contribution >= 0.6 is 0 Å². The lowest BCUT2D eigenvalue weighted by Gasteiger charge is -2.21. The van der Waals surface area contributed by atoms with Gasteiger partial charge in [0.1, 0.15) is 6.17 Å². The second kappa shape index (κ2) is 4.68.